The molecule has 0 bridgehead atoms. The maximum atomic E-state index is 12.5. The Labute approximate surface area is 147 Å². The Hall–Kier alpha value is -1.82. The highest BCUT2D eigenvalue weighted by Crippen LogP contribution is 2.24. The van der Waals surface area contributed by atoms with Gasteiger partial charge >= 0.3 is 0 Å². The van der Waals surface area contributed by atoms with Crippen LogP contribution < -0.4 is 0 Å². The normalized spacial score (nSPS) is 15.4. The Balaban J connectivity index is 1.64. The fraction of sp³-hybridized carbons (Fsp3) is 0.500. The lowest BCUT2D eigenvalue weighted by molar-refractivity contribution is -0.129. The Morgan fingerprint density at radius 1 is 1.29 bits per heavy atom. The molecule has 1 aliphatic rings. The summed E-state index contributed by atoms with van der Waals surface area (Å²) >= 11 is 1.46. The van der Waals surface area contributed by atoms with Crippen LogP contribution in [-0.4, -0.2) is 44.4 Å². The number of hydrogen-bond donors (Lipinski definition) is 0. The zero-order valence-corrected chi connectivity index (χ0v) is 15.1. The Morgan fingerprint density at radius 3 is 2.79 bits per heavy atom. The number of para-hydroxylation sites is 1. The summed E-state index contributed by atoms with van der Waals surface area (Å²) in [6.45, 7) is 2.06. The summed E-state index contributed by atoms with van der Waals surface area (Å²) in [4.78, 5) is 14.4. The predicted molar refractivity (Wildman–Crippen MR) is 96.5 cm³/mol. The number of amides is 1. The van der Waals surface area contributed by atoms with Gasteiger partial charge in [-0.1, -0.05) is 49.2 Å². The van der Waals surface area contributed by atoms with Crippen molar-refractivity contribution in [2.45, 2.75) is 50.2 Å². The van der Waals surface area contributed by atoms with Crippen molar-refractivity contribution >= 4 is 17.7 Å². The van der Waals surface area contributed by atoms with E-state index in [-0.39, 0.29) is 5.91 Å². The molecule has 24 heavy (non-hydrogen) atoms. The van der Waals surface area contributed by atoms with E-state index < -0.39 is 0 Å². The van der Waals surface area contributed by atoms with Crippen molar-refractivity contribution < 1.29 is 4.79 Å². The highest BCUT2D eigenvalue weighted by Gasteiger charge is 2.22. The van der Waals surface area contributed by atoms with Crippen molar-refractivity contribution in [2.24, 2.45) is 0 Å². The van der Waals surface area contributed by atoms with E-state index in [2.05, 4.69) is 23.2 Å². The summed E-state index contributed by atoms with van der Waals surface area (Å²) in [5.41, 5.74) is 2.21. The van der Waals surface area contributed by atoms with Gasteiger partial charge < -0.3 is 4.90 Å². The van der Waals surface area contributed by atoms with Crippen LogP contribution in [0.5, 0.6) is 0 Å². The molecule has 1 saturated carbocycles. The predicted octanol–water partition coefficient (Wildman–Crippen LogP) is 3.46. The zero-order valence-electron chi connectivity index (χ0n) is 14.3. The van der Waals surface area contributed by atoms with E-state index in [9.17, 15) is 4.79 Å². The second-order valence-electron chi connectivity index (χ2n) is 6.36. The van der Waals surface area contributed by atoms with E-state index >= 15 is 0 Å². The van der Waals surface area contributed by atoms with Crippen LogP contribution in [0, 0.1) is 6.92 Å². The quantitative estimate of drug-likeness (QED) is 0.780. The fourth-order valence-electron chi connectivity index (χ4n) is 3.22. The number of hydrogen-bond acceptors (Lipinski definition) is 4. The number of carbonyl (C=O) groups is 1. The maximum Gasteiger partial charge on any atom is 0.233 e. The van der Waals surface area contributed by atoms with Gasteiger partial charge in [0.1, 0.15) is 6.33 Å². The lowest BCUT2D eigenvalue weighted by atomic mass is 9.94. The van der Waals surface area contributed by atoms with E-state index in [1.807, 2.05) is 34.7 Å². The van der Waals surface area contributed by atoms with E-state index in [0.29, 0.717) is 11.8 Å². The van der Waals surface area contributed by atoms with Crippen LogP contribution in [0.25, 0.3) is 5.69 Å². The molecule has 0 N–H and O–H groups in total. The van der Waals surface area contributed by atoms with Gasteiger partial charge in [-0.15, -0.1) is 10.2 Å². The van der Waals surface area contributed by atoms with Crippen LogP contribution in [0.1, 0.15) is 37.7 Å². The standard InChI is InChI=1S/C18H24N4OS/c1-14-8-6-7-11-16(14)22-13-19-20-18(22)24-12-17(23)21(2)15-9-4-3-5-10-15/h6-8,11,13,15H,3-5,9-10,12H2,1-2H3. The number of carbonyl (C=O) groups excluding carboxylic acids is 1. The van der Waals surface area contributed by atoms with Crippen molar-refractivity contribution in [2.75, 3.05) is 12.8 Å². The topological polar surface area (TPSA) is 51.0 Å². The first-order valence-electron chi connectivity index (χ1n) is 8.51. The molecule has 0 atom stereocenters. The summed E-state index contributed by atoms with van der Waals surface area (Å²) < 4.78 is 1.95. The molecule has 1 heterocycles. The Kier molecular flexibility index (Phi) is 5.56. The molecule has 0 spiro atoms. The molecule has 1 aliphatic carbocycles. The number of rotatable bonds is 5. The van der Waals surface area contributed by atoms with Crippen LogP contribution >= 0.6 is 11.8 Å². The third kappa shape index (κ3) is 3.80. The second-order valence-corrected chi connectivity index (χ2v) is 7.30. The number of thioether (sulfide) groups is 1. The van der Waals surface area contributed by atoms with E-state index in [1.165, 1.54) is 31.0 Å². The van der Waals surface area contributed by atoms with Gasteiger partial charge in [-0.2, -0.15) is 0 Å². The Bertz CT molecular complexity index is 694. The molecule has 5 nitrogen and oxygen atoms in total. The van der Waals surface area contributed by atoms with Gasteiger partial charge in [-0.25, -0.2) is 0 Å². The van der Waals surface area contributed by atoms with Gasteiger partial charge in [0.25, 0.3) is 0 Å². The molecular formula is C18H24N4OS. The van der Waals surface area contributed by atoms with Crippen LogP contribution in [0.4, 0.5) is 0 Å². The van der Waals surface area contributed by atoms with Gasteiger partial charge in [0.05, 0.1) is 11.4 Å². The molecule has 128 valence electrons. The average molecular weight is 344 g/mol. The smallest absolute Gasteiger partial charge is 0.233 e. The molecule has 1 fully saturated rings. The van der Waals surface area contributed by atoms with Crippen molar-refractivity contribution in [3.05, 3.63) is 36.2 Å². The van der Waals surface area contributed by atoms with Gasteiger partial charge in [-0.05, 0) is 31.4 Å². The molecule has 3 rings (SSSR count). The summed E-state index contributed by atoms with van der Waals surface area (Å²) in [5.74, 6) is 0.573. The lowest BCUT2D eigenvalue weighted by Crippen LogP contribution is -2.39. The van der Waals surface area contributed by atoms with Gasteiger partial charge in [0, 0.05) is 13.1 Å². The van der Waals surface area contributed by atoms with Crippen molar-refractivity contribution in [1.29, 1.82) is 0 Å². The first-order chi connectivity index (χ1) is 11.7. The van der Waals surface area contributed by atoms with Crippen LogP contribution in [0.3, 0.4) is 0 Å². The first kappa shape index (κ1) is 17.0. The van der Waals surface area contributed by atoms with Crippen molar-refractivity contribution in [3.63, 3.8) is 0 Å². The SMILES string of the molecule is Cc1ccccc1-n1cnnc1SCC(=O)N(C)C1CCCCC1. The minimum absolute atomic E-state index is 0.172. The average Bonchev–Trinajstić information content (AvgIpc) is 3.08. The molecule has 0 radical (unpaired) electrons. The molecule has 0 aliphatic heterocycles. The van der Waals surface area contributed by atoms with Crippen LogP contribution in [0.2, 0.25) is 0 Å². The van der Waals surface area contributed by atoms with E-state index in [4.69, 9.17) is 0 Å². The summed E-state index contributed by atoms with van der Waals surface area (Å²) in [6, 6.07) is 8.52. The molecule has 6 heteroatoms. The number of benzene rings is 1. The minimum atomic E-state index is 0.172. The molecular weight excluding hydrogens is 320 g/mol. The van der Waals surface area contributed by atoms with Gasteiger partial charge in [0.15, 0.2) is 5.16 Å². The second kappa shape index (κ2) is 7.83. The number of aromatic nitrogens is 3. The highest BCUT2D eigenvalue weighted by atomic mass is 32.2. The Morgan fingerprint density at radius 2 is 2.04 bits per heavy atom. The maximum absolute atomic E-state index is 12.5. The van der Waals surface area contributed by atoms with Gasteiger partial charge in [-0.3, -0.25) is 9.36 Å². The highest BCUT2D eigenvalue weighted by molar-refractivity contribution is 7.99. The molecule has 1 aromatic carbocycles. The van der Waals surface area contributed by atoms with E-state index in [1.54, 1.807) is 6.33 Å². The first-order valence-corrected chi connectivity index (χ1v) is 9.50. The summed E-state index contributed by atoms with van der Waals surface area (Å²) in [5, 5.41) is 8.96. The monoisotopic (exact) mass is 344 g/mol. The molecule has 1 aromatic heterocycles. The summed E-state index contributed by atoms with van der Waals surface area (Å²) in [7, 11) is 1.94. The summed E-state index contributed by atoms with van der Waals surface area (Å²) in [6.07, 6.45) is 7.74. The largest absolute Gasteiger partial charge is 0.342 e. The minimum Gasteiger partial charge on any atom is -0.342 e. The van der Waals surface area contributed by atoms with Gasteiger partial charge in [0.2, 0.25) is 5.91 Å². The third-order valence-electron chi connectivity index (χ3n) is 4.73. The molecule has 0 saturated heterocycles. The zero-order chi connectivity index (χ0) is 16.9. The number of aryl methyl sites for hydroxylation is 1. The lowest BCUT2D eigenvalue weighted by Gasteiger charge is -2.31. The van der Waals surface area contributed by atoms with Crippen LogP contribution in [0.15, 0.2) is 35.7 Å². The fourth-order valence-corrected chi connectivity index (χ4v) is 4.07. The molecule has 2 aromatic rings. The molecule has 1 amide bonds. The van der Waals surface area contributed by atoms with Crippen LogP contribution in [-0.2, 0) is 4.79 Å². The molecule has 0 unspecified atom stereocenters. The van der Waals surface area contributed by atoms with E-state index in [0.717, 1.165) is 29.2 Å². The van der Waals surface area contributed by atoms with Crippen molar-refractivity contribution in [1.82, 2.24) is 19.7 Å². The number of nitrogens with zero attached hydrogens (tertiary/aromatic N) is 4. The third-order valence-corrected chi connectivity index (χ3v) is 5.66. The van der Waals surface area contributed by atoms with Crippen molar-refractivity contribution in [3.8, 4) is 5.69 Å².